The second kappa shape index (κ2) is 6.65. The molecule has 0 radical (unpaired) electrons. The van der Waals surface area contributed by atoms with Crippen molar-refractivity contribution < 1.29 is 14.3 Å². The van der Waals surface area contributed by atoms with Crippen molar-refractivity contribution in [1.29, 1.82) is 0 Å². The van der Waals surface area contributed by atoms with E-state index in [4.69, 9.17) is 9.47 Å². The number of aldehydes is 1. The van der Waals surface area contributed by atoms with Crippen LogP contribution in [0.2, 0.25) is 0 Å². The summed E-state index contributed by atoms with van der Waals surface area (Å²) in [5.41, 5.74) is 0.869. The number of hydrogen-bond acceptors (Lipinski definition) is 3. The average Bonchev–Trinajstić information content (AvgIpc) is 2.35. The molecule has 1 rings (SSSR count). The van der Waals surface area contributed by atoms with Crippen molar-refractivity contribution in [3.8, 4) is 17.6 Å². The van der Waals surface area contributed by atoms with Crippen LogP contribution in [0.25, 0.3) is 0 Å². The molecule has 0 aromatic heterocycles. The van der Waals surface area contributed by atoms with E-state index in [2.05, 4.69) is 11.8 Å². The van der Waals surface area contributed by atoms with Crippen molar-refractivity contribution in [3.63, 3.8) is 0 Å². The van der Waals surface area contributed by atoms with Gasteiger partial charge >= 0.3 is 0 Å². The van der Waals surface area contributed by atoms with E-state index in [0.29, 0.717) is 6.42 Å². The fourth-order valence-electron chi connectivity index (χ4n) is 1.14. The Kier molecular flexibility index (Phi) is 5.10. The summed E-state index contributed by atoms with van der Waals surface area (Å²) in [6.07, 6.45) is 0.760. The molecule has 0 amide bonds. The van der Waals surface area contributed by atoms with Gasteiger partial charge in [-0.05, 0) is 24.3 Å². The second-order valence-electron chi connectivity index (χ2n) is 3.12. The molecule has 0 saturated carbocycles. The maximum absolute atomic E-state index is 10.3. The first-order valence-corrected chi connectivity index (χ1v) is 4.92. The molecule has 0 unspecified atom stereocenters. The van der Waals surface area contributed by atoms with E-state index in [0.717, 1.165) is 17.6 Å². The molecule has 0 aliphatic rings. The van der Waals surface area contributed by atoms with Gasteiger partial charge in [-0.2, -0.15) is 0 Å². The van der Waals surface area contributed by atoms with Gasteiger partial charge in [-0.15, -0.1) is 0 Å². The van der Waals surface area contributed by atoms with Crippen LogP contribution in [0.4, 0.5) is 0 Å². The number of hydrogen-bond donors (Lipinski definition) is 0. The number of carbonyl (C=O) groups is 1. The molecule has 3 heteroatoms. The Morgan fingerprint density at radius 2 is 2.00 bits per heavy atom. The first kappa shape index (κ1) is 12.3. The SMILES string of the molecule is COc1ccc(C#C[C@H](CC=O)OC)cc1. The van der Waals surface area contributed by atoms with Crippen molar-refractivity contribution in [2.45, 2.75) is 12.5 Å². The number of carbonyl (C=O) groups excluding carboxylic acids is 1. The molecule has 0 aliphatic carbocycles. The van der Waals surface area contributed by atoms with Gasteiger partial charge in [0.2, 0.25) is 0 Å². The summed E-state index contributed by atoms with van der Waals surface area (Å²) in [6, 6.07) is 7.40. The fourth-order valence-corrected chi connectivity index (χ4v) is 1.14. The molecule has 0 heterocycles. The Labute approximate surface area is 95.4 Å². The second-order valence-corrected chi connectivity index (χ2v) is 3.12. The summed E-state index contributed by atoms with van der Waals surface area (Å²) in [5.74, 6) is 6.62. The van der Waals surface area contributed by atoms with Gasteiger partial charge in [0, 0.05) is 19.1 Å². The van der Waals surface area contributed by atoms with Gasteiger partial charge in [0.05, 0.1) is 7.11 Å². The molecule has 3 nitrogen and oxygen atoms in total. The number of rotatable bonds is 4. The fraction of sp³-hybridized carbons (Fsp3) is 0.308. The van der Waals surface area contributed by atoms with E-state index in [1.165, 1.54) is 7.11 Å². The summed E-state index contributed by atoms with van der Waals surface area (Å²) < 4.78 is 10.1. The highest BCUT2D eigenvalue weighted by atomic mass is 16.5. The van der Waals surface area contributed by atoms with E-state index in [9.17, 15) is 4.79 Å². The van der Waals surface area contributed by atoms with Gasteiger partial charge in [0.25, 0.3) is 0 Å². The summed E-state index contributed by atoms with van der Waals surface area (Å²) in [6.45, 7) is 0. The van der Waals surface area contributed by atoms with Crippen LogP contribution in [0.15, 0.2) is 24.3 Å². The zero-order valence-corrected chi connectivity index (χ0v) is 9.40. The molecule has 0 spiro atoms. The number of ether oxygens (including phenoxy) is 2. The molecule has 1 atom stereocenters. The van der Waals surface area contributed by atoms with Crippen molar-refractivity contribution >= 4 is 6.29 Å². The summed E-state index contributed by atoms with van der Waals surface area (Å²) >= 11 is 0. The normalized spacial score (nSPS) is 11.1. The molecular weight excluding hydrogens is 204 g/mol. The van der Waals surface area contributed by atoms with Gasteiger partial charge < -0.3 is 14.3 Å². The summed E-state index contributed by atoms with van der Waals surface area (Å²) in [5, 5.41) is 0. The monoisotopic (exact) mass is 218 g/mol. The van der Waals surface area contributed by atoms with Gasteiger partial charge in [-0.1, -0.05) is 11.8 Å². The Morgan fingerprint density at radius 3 is 2.50 bits per heavy atom. The van der Waals surface area contributed by atoms with Gasteiger partial charge in [-0.25, -0.2) is 0 Å². The van der Waals surface area contributed by atoms with Gasteiger partial charge in [0.1, 0.15) is 18.1 Å². The Bertz CT molecular complexity index is 384. The lowest BCUT2D eigenvalue weighted by Gasteiger charge is -2.02. The molecule has 0 N–H and O–H groups in total. The first-order chi connectivity index (χ1) is 7.80. The van der Waals surface area contributed by atoms with E-state index < -0.39 is 0 Å². The van der Waals surface area contributed by atoms with Crippen LogP contribution in [0.3, 0.4) is 0 Å². The largest absolute Gasteiger partial charge is 0.497 e. The van der Waals surface area contributed by atoms with E-state index in [-0.39, 0.29) is 6.10 Å². The van der Waals surface area contributed by atoms with Crippen LogP contribution in [0.5, 0.6) is 5.75 Å². The third-order valence-electron chi connectivity index (χ3n) is 2.06. The minimum absolute atomic E-state index is 0.291. The molecule has 1 aromatic carbocycles. The highest BCUT2D eigenvalue weighted by molar-refractivity contribution is 5.51. The molecule has 0 fully saturated rings. The van der Waals surface area contributed by atoms with Crippen molar-refractivity contribution in [1.82, 2.24) is 0 Å². The lowest BCUT2D eigenvalue weighted by molar-refractivity contribution is -0.109. The van der Waals surface area contributed by atoms with Crippen LogP contribution >= 0.6 is 0 Å². The number of methoxy groups -OCH3 is 2. The molecule has 0 aliphatic heterocycles. The minimum atomic E-state index is -0.334. The van der Waals surface area contributed by atoms with Crippen LogP contribution < -0.4 is 4.74 Å². The van der Waals surface area contributed by atoms with Gasteiger partial charge in [-0.3, -0.25) is 0 Å². The van der Waals surface area contributed by atoms with Crippen molar-refractivity contribution in [2.24, 2.45) is 0 Å². The summed E-state index contributed by atoms with van der Waals surface area (Å²) in [4.78, 5) is 10.3. The Balaban J connectivity index is 2.70. The maximum atomic E-state index is 10.3. The van der Waals surface area contributed by atoms with Crippen LogP contribution in [-0.4, -0.2) is 26.6 Å². The predicted molar refractivity (Wildman–Crippen MR) is 61.4 cm³/mol. The molecule has 16 heavy (non-hydrogen) atoms. The first-order valence-electron chi connectivity index (χ1n) is 4.92. The maximum Gasteiger partial charge on any atom is 0.124 e. The highest BCUT2D eigenvalue weighted by Crippen LogP contribution is 2.10. The van der Waals surface area contributed by atoms with E-state index in [1.807, 2.05) is 24.3 Å². The lowest BCUT2D eigenvalue weighted by atomic mass is 10.2. The molecule has 1 aromatic rings. The molecule has 0 bridgehead atoms. The van der Waals surface area contributed by atoms with Crippen LogP contribution in [-0.2, 0) is 9.53 Å². The lowest BCUT2D eigenvalue weighted by Crippen LogP contribution is -2.07. The third kappa shape index (κ3) is 3.76. The Hall–Kier alpha value is -1.79. The molecular formula is C13H14O3. The van der Waals surface area contributed by atoms with Crippen molar-refractivity contribution in [3.05, 3.63) is 29.8 Å². The van der Waals surface area contributed by atoms with E-state index >= 15 is 0 Å². The minimum Gasteiger partial charge on any atom is -0.497 e. The zero-order valence-electron chi connectivity index (χ0n) is 9.40. The van der Waals surface area contributed by atoms with Crippen molar-refractivity contribution in [2.75, 3.05) is 14.2 Å². The predicted octanol–water partition coefficient (Wildman–Crippen LogP) is 1.65. The topological polar surface area (TPSA) is 35.5 Å². The van der Waals surface area contributed by atoms with Gasteiger partial charge in [0.15, 0.2) is 0 Å². The van der Waals surface area contributed by atoms with E-state index in [1.54, 1.807) is 7.11 Å². The smallest absolute Gasteiger partial charge is 0.124 e. The highest BCUT2D eigenvalue weighted by Gasteiger charge is 2.00. The van der Waals surface area contributed by atoms with Crippen LogP contribution in [0, 0.1) is 11.8 Å². The Morgan fingerprint density at radius 1 is 1.31 bits per heavy atom. The third-order valence-corrected chi connectivity index (χ3v) is 2.06. The molecule has 0 saturated heterocycles. The average molecular weight is 218 g/mol. The summed E-state index contributed by atoms with van der Waals surface area (Å²) in [7, 11) is 3.16. The van der Waals surface area contributed by atoms with Crippen LogP contribution in [0.1, 0.15) is 12.0 Å². The standard InChI is InChI=1S/C13H14O3/c1-15-12-6-3-11(4-7-12)5-8-13(16-2)9-10-14/h3-4,6-7,10,13H,9H2,1-2H3/t13-/m1/s1. The molecule has 84 valence electrons. The number of benzene rings is 1. The zero-order chi connectivity index (χ0) is 11.8. The quantitative estimate of drug-likeness (QED) is 0.569.